The van der Waals surface area contributed by atoms with E-state index < -0.39 is 24.1 Å². The van der Waals surface area contributed by atoms with E-state index in [9.17, 15) is 26.7 Å². The molecule has 0 atom stereocenters. The maximum absolute atomic E-state index is 12.8. The summed E-state index contributed by atoms with van der Waals surface area (Å²) in [5.74, 6) is -0.930. The van der Waals surface area contributed by atoms with Gasteiger partial charge in [-0.2, -0.15) is 0 Å². The van der Waals surface area contributed by atoms with Crippen LogP contribution in [0.1, 0.15) is 24.0 Å². The summed E-state index contributed by atoms with van der Waals surface area (Å²) >= 11 is 0. The second-order valence-corrected chi connectivity index (χ2v) is 3.38. The SMILES string of the molecule is O=CCCc1cccc(OC(F)(F)F)c1C(F)F. The number of benzene rings is 1. The molecule has 1 aromatic carbocycles. The monoisotopic (exact) mass is 268 g/mol. The molecule has 0 saturated carbocycles. The van der Waals surface area contributed by atoms with E-state index in [0.717, 1.165) is 6.07 Å². The van der Waals surface area contributed by atoms with Crippen molar-refractivity contribution in [3.8, 4) is 5.75 Å². The van der Waals surface area contributed by atoms with Gasteiger partial charge in [0.25, 0.3) is 6.43 Å². The molecule has 0 aliphatic heterocycles. The van der Waals surface area contributed by atoms with E-state index in [2.05, 4.69) is 4.74 Å². The molecule has 0 N–H and O–H groups in total. The molecule has 0 radical (unpaired) electrons. The number of ether oxygens (including phenoxy) is 1. The predicted molar refractivity (Wildman–Crippen MR) is 52.5 cm³/mol. The van der Waals surface area contributed by atoms with Crippen molar-refractivity contribution >= 4 is 6.29 Å². The molecule has 100 valence electrons. The molecule has 1 aromatic rings. The lowest BCUT2D eigenvalue weighted by atomic mass is 10.0. The number of halogens is 5. The number of alkyl halides is 5. The Balaban J connectivity index is 3.13. The summed E-state index contributed by atoms with van der Waals surface area (Å²) in [7, 11) is 0. The Hall–Kier alpha value is -1.66. The van der Waals surface area contributed by atoms with Crippen LogP contribution in [-0.2, 0) is 11.2 Å². The van der Waals surface area contributed by atoms with Gasteiger partial charge in [0, 0.05) is 6.42 Å². The van der Waals surface area contributed by atoms with E-state index in [1.54, 1.807) is 0 Å². The third-order valence-corrected chi connectivity index (χ3v) is 2.13. The Morgan fingerprint density at radius 3 is 2.44 bits per heavy atom. The fourth-order valence-electron chi connectivity index (χ4n) is 1.48. The highest BCUT2D eigenvalue weighted by Crippen LogP contribution is 2.35. The number of carbonyl (C=O) groups is 1. The minimum Gasteiger partial charge on any atom is -0.405 e. The molecule has 1 rings (SSSR count). The van der Waals surface area contributed by atoms with E-state index in [0.29, 0.717) is 6.29 Å². The molecule has 0 unspecified atom stereocenters. The van der Waals surface area contributed by atoms with Crippen molar-refractivity contribution in [2.75, 3.05) is 0 Å². The Morgan fingerprint density at radius 1 is 1.28 bits per heavy atom. The summed E-state index contributed by atoms with van der Waals surface area (Å²) in [5.41, 5.74) is -0.851. The van der Waals surface area contributed by atoms with Crippen molar-refractivity contribution in [2.24, 2.45) is 0 Å². The minimum atomic E-state index is -5.03. The van der Waals surface area contributed by atoms with Gasteiger partial charge in [0.1, 0.15) is 12.0 Å². The number of hydrogen-bond donors (Lipinski definition) is 0. The first kappa shape index (κ1) is 14.4. The van der Waals surface area contributed by atoms with Crippen molar-refractivity contribution in [1.82, 2.24) is 0 Å². The molecule has 18 heavy (non-hydrogen) atoms. The van der Waals surface area contributed by atoms with Crippen LogP contribution in [0.3, 0.4) is 0 Å². The van der Waals surface area contributed by atoms with Crippen LogP contribution in [0.25, 0.3) is 0 Å². The molecule has 0 amide bonds. The fraction of sp³-hybridized carbons (Fsp3) is 0.364. The molecule has 0 aromatic heterocycles. The number of rotatable bonds is 5. The summed E-state index contributed by atoms with van der Waals surface area (Å²) in [4.78, 5) is 10.2. The van der Waals surface area contributed by atoms with Crippen molar-refractivity contribution < 1.29 is 31.5 Å². The standard InChI is InChI=1S/C11H9F5O2/c12-10(13)9-7(4-2-6-17)3-1-5-8(9)18-11(14,15)16/h1,3,5-6,10H,2,4H2. The van der Waals surface area contributed by atoms with Crippen LogP contribution in [0.2, 0.25) is 0 Å². The maximum Gasteiger partial charge on any atom is 0.573 e. The maximum atomic E-state index is 12.8. The van der Waals surface area contributed by atoms with E-state index >= 15 is 0 Å². The van der Waals surface area contributed by atoms with Crippen molar-refractivity contribution in [2.45, 2.75) is 25.6 Å². The highest BCUT2D eigenvalue weighted by Gasteiger charge is 2.33. The summed E-state index contributed by atoms with van der Waals surface area (Å²) in [5, 5.41) is 0. The molecule has 0 heterocycles. The highest BCUT2D eigenvalue weighted by atomic mass is 19.4. The Morgan fingerprint density at radius 2 is 1.94 bits per heavy atom. The van der Waals surface area contributed by atoms with Crippen LogP contribution >= 0.6 is 0 Å². The second kappa shape index (κ2) is 5.79. The molecule has 0 bridgehead atoms. The Labute approximate surface area is 99.4 Å². The first-order valence-corrected chi connectivity index (χ1v) is 4.94. The number of aldehydes is 1. The average Bonchev–Trinajstić information content (AvgIpc) is 2.23. The largest absolute Gasteiger partial charge is 0.573 e. The van der Waals surface area contributed by atoms with Gasteiger partial charge < -0.3 is 9.53 Å². The molecule has 7 heteroatoms. The van der Waals surface area contributed by atoms with Gasteiger partial charge in [-0.05, 0) is 18.1 Å². The van der Waals surface area contributed by atoms with E-state index in [1.165, 1.54) is 12.1 Å². The molecular weight excluding hydrogens is 259 g/mol. The Kier molecular flexibility index (Phi) is 4.63. The second-order valence-electron chi connectivity index (χ2n) is 3.38. The number of carbonyl (C=O) groups excluding carboxylic acids is 1. The number of aryl methyl sites for hydroxylation is 1. The summed E-state index contributed by atoms with van der Waals surface area (Å²) < 4.78 is 65.2. The first-order chi connectivity index (χ1) is 8.35. The van der Waals surface area contributed by atoms with Crippen LogP contribution < -0.4 is 4.74 Å². The van der Waals surface area contributed by atoms with Gasteiger partial charge in [0.05, 0.1) is 5.56 Å². The highest BCUT2D eigenvalue weighted by molar-refractivity contribution is 5.51. The third-order valence-electron chi connectivity index (χ3n) is 2.13. The zero-order valence-corrected chi connectivity index (χ0v) is 9.01. The average molecular weight is 268 g/mol. The molecular formula is C11H9F5O2. The van der Waals surface area contributed by atoms with Gasteiger partial charge in [-0.25, -0.2) is 8.78 Å². The molecule has 0 aliphatic carbocycles. The van der Waals surface area contributed by atoms with Gasteiger partial charge in [-0.15, -0.1) is 13.2 Å². The van der Waals surface area contributed by atoms with Gasteiger partial charge in [0.15, 0.2) is 0 Å². The first-order valence-electron chi connectivity index (χ1n) is 4.94. The predicted octanol–water partition coefficient (Wildman–Crippen LogP) is 3.65. The van der Waals surface area contributed by atoms with Crippen molar-refractivity contribution in [1.29, 1.82) is 0 Å². The minimum absolute atomic E-state index is 0.0288. The lowest BCUT2D eigenvalue weighted by molar-refractivity contribution is -0.275. The molecule has 2 nitrogen and oxygen atoms in total. The summed E-state index contributed by atoms with van der Waals surface area (Å²) in [6.45, 7) is 0. The smallest absolute Gasteiger partial charge is 0.405 e. The third kappa shape index (κ3) is 3.97. The summed E-state index contributed by atoms with van der Waals surface area (Å²) in [6.07, 6.45) is -7.74. The van der Waals surface area contributed by atoms with Gasteiger partial charge >= 0.3 is 6.36 Å². The lowest BCUT2D eigenvalue weighted by Gasteiger charge is -2.15. The molecule has 0 saturated heterocycles. The van der Waals surface area contributed by atoms with E-state index in [1.807, 2.05) is 0 Å². The summed E-state index contributed by atoms with van der Waals surface area (Å²) in [6, 6.07) is 3.24. The Bertz CT molecular complexity index is 414. The van der Waals surface area contributed by atoms with Crippen molar-refractivity contribution in [3.63, 3.8) is 0 Å². The topological polar surface area (TPSA) is 26.3 Å². The van der Waals surface area contributed by atoms with Gasteiger partial charge in [-0.1, -0.05) is 12.1 Å². The van der Waals surface area contributed by atoms with Crippen LogP contribution in [0.5, 0.6) is 5.75 Å². The van der Waals surface area contributed by atoms with Gasteiger partial charge in [-0.3, -0.25) is 0 Å². The molecule has 0 spiro atoms. The molecule has 0 fully saturated rings. The quantitative estimate of drug-likeness (QED) is 0.601. The van der Waals surface area contributed by atoms with Crippen LogP contribution in [-0.4, -0.2) is 12.6 Å². The van der Waals surface area contributed by atoms with Crippen molar-refractivity contribution in [3.05, 3.63) is 29.3 Å². The van der Waals surface area contributed by atoms with Gasteiger partial charge in [0.2, 0.25) is 0 Å². The van der Waals surface area contributed by atoms with Crippen LogP contribution in [0.15, 0.2) is 18.2 Å². The zero-order chi connectivity index (χ0) is 13.8. The van der Waals surface area contributed by atoms with E-state index in [-0.39, 0.29) is 18.4 Å². The lowest BCUT2D eigenvalue weighted by Crippen LogP contribution is -2.18. The normalized spacial score (nSPS) is 11.7. The van der Waals surface area contributed by atoms with Crippen LogP contribution in [0.4, 0.5) is 22.0 Å². The van der Waals surface area contributed by atoms with Crippen LogP contribution in [0, 0.1) is 0 Å². The molecule has 0 aliphatic rings. The fourth-order valence-corrected chi connectivity index (χ4v) is 1.48. The zero-order valence-electron chi connectivity index (χ0n) is 9.01. The number of hydrogen-bond acceptors (Lipinski definition) is 2. The van der Waals surface area contributed by atoms with E-state index in [4.69, 9.17) is 0 Å².